The molecule has 2 aromatic rings. The van der Waals surface area contributed by atoms with Crippen molar-refractivity contribution < 1.29 is 0 Å². The van der Waals surface area contributed by atoms with Gasteiger partial charge in [-0.3, -0.25) is 9.97 Å². The van der Waals surface area contributed by atoms with E-state index in [9.17, 15) is 0 Å². The van der Waals surface area contributed by atoms with Crippen LogP contribution in [0.1, 0.15) is 49.9 Å². The second-order valence-corrected chi connectivity index (χ2v) is 5.77. The van der Waals surface area contributed by atoms with Gasteiger partial charge in [-0.25, -0.2) is 9.97 Å². The normalized spacial score (nSPS) is 12.5. The zero-order chi connectivity index (χ0) is 14.7. The summed E-state index contributed by atoms with van der Waals surface area (Å²) < 4.78 is 0.887. The van der Waals surface area contributed by atoms with Crippen LogP contribution in [0.2, 0.25) is 0 Å². The summed E-state index contributed by atoms with van der Waals surface area (Å²) in [7, 11) is 0. The van der Waals surface area contributed by atoms with E-state index in [0.717, 1.165) is 27.5 Å². The fraction of sp³-hybridized carbons (Fsp3) is 0.429. The first-order chi connectivity index (χ1) is 9.49. The van der Waals surface area contributed by atoms with Crippen molar-refractivity contribution in [2.45, 2.75) is 39.7 Å². The summed E-state index contributed by atoms with van der Waals surface area (Å²) in [6.45, 7) is 8.16. The first-order valence-electron chi connectivity index (χ1n) is 6.55. The maximum atomic E-state index is 4.58. The van der Waals surface area contributed by atoms with Crippen LogP contribution in [0.4, 0.5) is 5.82 Å². The molecule has 0 aliphatic rings. The monoisotopic (exact) mass is 335 g/mol. The van der Waals surface area contributed by atoms with Crippen molar-refractivity contribution in [1.29, 1.82) is 0 Å². The van der Waals surface area contributed by atoms with Gasteiger partial charge in [-0.05, 0) is 29.8 Å². The Kier molecular flexibility index (Phi) is 4.65. The Hall–Kier alpha value is -1.56. The van der Waals surface area contributed by atoms with E-state index in [0.29, 0.717) is 0 Å². The summed E-state index contributed by atoms with van der Waals surface area (Å²) in [4.78, 5) is 17.5. The number of hydrogen-bond donors (Lipinski definition) is 1. The molecule has 2 heterocycles. The van der Waals surface area contributed by atoms with E-state index in [-0.39, 0.29) is 12.0 Å². The van der Waals surface area contributed by atoms with Gasteiger partial charge in [-0.15, -0.1) is 0 Å². The standard InChI is InChI=1S/C14H18BrN5/c1-8(2)13-19-10(4)12(15)14(20-13)18-9(3)11-7-16-5-6-17-11/h5-9H,1-4H3,(H,18,19,20)/t9-/m0/s1. The number of aromatic nitrogens is 4. The average Bonchev–Trinajstić information content (AvgIpc) is 2.44. The molecule has 0 aliphatic carbocycles. The molecule has 0 aliphatic heterocycles. The minimum absolute atomic E-state index is 0.0225. The molecular weight excluding hydrogens is 318 g/mol. The molecular formula is C14H18BrN5. The maximum Gasteiger partial charge on any atom is 0.144 e. The summed E-state index contributed by atoms with van der Waals surface area (Å²) in [5, 5.41) is 3.36. The van der Waals surface area contributed by atoms with Gasteiger partial charge in [0.15, 0.2) is 0 Å². The number of hydrogen-bond acceptors (Lipinski definition) is 5. The van der Waals surface area contributed by atoms with E-state index in [2.05, 4.69) is 55.0 Å². The number of nitrogens with one attached hydrogen (secondary N) is 1. The minimum atomic E-state index is 0.0225. The molecule has 6 heteroatoms. The Labute approximate surface area is 127 Å². The van der Waals surface area contributed by atoms with Crippen LogP contribution in [0.15, 0.2) is 23.1 Å². The third-order valence-electron chi connectivity index (χ3n) is 2.93. The molecule has 1 N–H and O–H groups in total. The Bertz CT molecular complexity index is 586. The van der Waals surface area contributed by atoms with Gasteiger partial charge in [-0.1, -0.05) is 13.8 Å². The summed E-state index contributed by atoms with van der Waals surface area (Å²) in [5.41, 5.74) is 1.80. The zero-order valence-corrected chi connectivity index (χ0v) is 13.6. The largest absolute Gasteiger partial charge is 0.361 e. The van der Waals surface area contributed by atoms with Gasteiger partial charge < -0.3 is 5.32 Å². The Morgan fingerprint density at radius 3 is 2.50 bits per heavy atom. The van der Waals surface area contributed by atoms with Gasteiger partial charge in [0, 0.05) is 18.3 Å². The Morgan fingerprint density at radius 2 is 1.90 bits per heavy atom. The molecule has 0 radical (unpaired) electrons. The lowest BCUT2D eigenvalue weighted by atomic mass is 10.2. The first-order valence-corrected chi connectivity index (χ1v) is 7.34. The molecule has 1 atom stereocenters. The highest BCUT2D eigenvalue weighted by molar-refractivity contribution is 9.10. The summed E-state index contributed by atoms with van der Waals surface area (Å²) in [6.07, 6.45) is 5.11. The minimum Gasteiger partial charge on any atom is -0.361 e. The van der Waals surface area contributed by atoms with Gasteiger partial charge >= 0.3 is 0 Å². The molecule has 0 unspecified atom stereocenters. The number of rotatable bonds is 4. The van der Waals surface area contributed by atoms with Gasteiger partial charge in [0.05, 0.1) is 28.1 Å². The van der Waals surface area contributed by atoms with Crippen LogP contribution < -0.4 is 5.32 Å². The number of aryl methyl sites for hydroxylation is 1. The molecule has 0 saturated carbocycles. The lowest BCUT2D eigenvalue weighted by molar-refractivity contribution is 0.753. The lowest BCUT2D eigenvalue weighted by Gasteiger charge is -2.17. The van der Waals surface area contributed by atoms with Crippen LogP contribution >= 0.6 is 15.9 Å². The fourth-order valence-corrected chi connectivity index (χ4v) is 2.04. The van der Waals surface area contributed by atoms with E-state index < -0.39 is 0 Å². The highest BCUT2D eigenvalue weighted by atomic mass is 79.9. The van der Waals surface area contributed by atoms with Crippen molar-refractivity contribution in [3.8, 4) is 0 Å². The van der Waals surface area contributed by atoms with Crippen molar-refractivity contribution in [2.24, 2.45) is 0 Å². The van der Waals surface area contributed by atoms with Crippen LogP contribution in [-0.2, 0) is 0 Å². The number of anilines is 1. The second kappa shape index (κ2) is 6.26. The molecule has 20 heavy (non-hydrogen) atoms. The van der Waals surface area contributed by atoms with Crippen LogP contribution in [0, 0.1) is 6.92 Å². The van der Waals surface area contributed by atoms with Crippen LogP contribution in [0.3, 0.4) is 0 Å². The predicted molar refractivity (Wildman–Crippen MR) is 82.6 cm³/mol. The van der Waals surface area contributed by atoms with Crippen molar-refractivity contribution in [2.75, 3.05) is 5.32 Å². The Balaban J connectivity index is 2.29. The SMILES string of the molecule is Cc1nc(C(C)C)nc(N[C@@H](C)c2cnccn2)c1Br. The third kappa shape index (κ3) is 3.30. The molecule has 2 aromatic heterocycles. The third-order valence-corrected chi connectivity index (χ3v) is 3.88. The molecule has 2 rings (SSSR count). The van der Waals surface area contributed by atoms with Crippen LogP contribution in [0.25, 0.3) is 0 Å². The van der Waals surface area contributed by atoms with Gasteiger partial charge in [0.25, 0.3) is 0 Å². The average molecular weight is 336 g/mol. The topological polar surface area (TPSA) is 63.6 Å². The van der Waals surface area contributed by atoms with Gasteiger partial charge in [-0.2, -0.15) is 0 Å². The van der Waals surface area contributed by atoms with Crippen molar-refractivity contribution in [3.05, 3.63) is 40.3 Å². The maximum absolute atomic E-state index is 4.58. The molecule has 5 nitrogen and oxygen atoms in total. The zero-order valence-electron chi connectivity index (χ0n) is 12.1. The van der Waals surface area contributed by atoms with Crippen LogP contribution in [0.5, 0.6) is 0 Å². The Morgan fingerprint density at radius 1 is 1.15 bits per heavy atom. The first kappa shape index (κ1) is 14.8. The van der Waals surface area contributed by atoms with Gasteiger partial charge in [0.2, 0.25) is 0 Å². The second-order valence-electron chi connectivity index (χ2n) is 4.98. The molecule has 0 spiro atoms. The molecule has 0 fully saturated rings. The molecule has 0 amide bonds. The van der Waals surface area contributed by atoms with Crippen molar-refractivity contribution in [3.63, 3.8) is 0 Å². The lowest BCUT2D eigenvalue weighted by Crippen LogP contribution is -2.13. The van der Waals surface area contributed by atoms with E-state index in [4.69, 9.17) is 0 Å². The van der Waals surface area contributed by atoms with E-state index in [1.165, 1.54) is 0 Å². The highest BCUT2D eigenvalue weighted by Gasteiger charge is 2.15. The quantitative estimate of drug-likeness (QED) is 0.924. The summed E-state index contributed by atoms with van der Waals surface area (Å²) >= 11 is 3.54. The summed E-state index contributed by atoms with van der Waals surface area (Å²) in [6, 6.07) is 0.0225. The number of nitrogens with zero attached hydrogens (tertiary/aromatic N) is 4. The highest BCUT2D eigenvalue weighted by Crippen LogP contribution is 2.27. The molecule has 0 bridgehead atoms. The van der Waals surface area contributed by atoms with Gasteiger partial charge in [0.1, 0.15) is 11.6 Å². The predicted octanol–water partition coefficient (Wildman–Crippen LogP) is 3.63. The van der Waals surface area contributed by atoms with Crippen LogP contribution in [-0.4, -0.2) is 19.9 Å². The van der Waals surface area contributed by atoms with Crippen molar-refractivity contribution in [1.82, 2.24) is 19.9 Å². The van der Waals surface area contributed by atoms with E-state index >= 15 is 0 Å². The number of halogens is 1. The smallest absolute Gasteiger partial charge is 0.144 e. The summed E-state index contributed by atoms with van der Waals surface area (Å²) in [5.74, 6) is 1.91. The fourth-order valence-electron chi connectivity index (χ4n) is 1.75. The van der Waals surface area contributed by atoms with E-state index in [1.54, 1.807) is 18.6 Å². The molecule has 0 saturated heterocycles. The van der Waals surface area contributed by atoms with E-state index in [1.807, 2.05) is 13.8 Å². The van der Waals surface area contributed by atoms with Crippen molar-refractivity contribution >= 4 is 21.7 Å². The molecule has 0 aromatic carbocycles. The molecule has 106 valence electrons.